The van der Waals surface area contributed by atoms with Crippen LogP contribution in [0.5, 0.6) is 11.5 Å². The topological polar surface area (TPSA) is 64.8 Å². The second kappa shape index (κ2) is 7.62. The van der Waals surface area contributed by atoms with Crippen LogP contribution in [0.4, 0.5) is 0 Å². The normalized spacial score (nSPS) is 17.0. The third-order valence-electron chi connectivity index (χ3n) is 5.58. The van der Waals surface area contributed by atoms with Gasteiger partial charge in [0.15, 0.2) is 5.69 Å². The molecule has 1 fully saturated rings. The first-order chi connectivity index (χ1) is 13.2. The lowest BCUT2D eigenvalue weighted by atomic mass is 9.91. The van der Waals surface area contributed by atoms with Gasteiger partial charge in [-0.3, -0.25) is 4.79 Å². The minimum atomic E-state index is 0.0152. The number of fused-ring (bicyclic) bond motifs is 1. The Morgan fingerprint density at radius 1 is 1.11 bits per heavy atom. The fourth-order valence-corrected chi connectivity index (χ4v) is 4.06. The SMILES string of the molecule is COc1cc(CC2CN(C(=O)c3noc4c3CCCCC4)C2)cc(OC)c1. The highest BCUT2D eigenvalue weighted by atomic mass is 16.5. The molecule has 1 aromatic heterocycles. The lowest BCUT2D eigenvalue weighted by molar-refractivity contribution is 0.0489. The van der Waals surface area contributed by atoms with Crippen molar-refractivity contribution in [2.45, 2.75) is 38.5 Å². The number of likely N-dealkylation sites (tertiary alicyclic amines) is 1. The number of amides is 1. The number of nitrogens with zero attached hydrogens (tertiary/aromatic N) is 2. The summed E-state index contributed by atoms with van der Waals surface area (Å²) in [4.78, 5) is 14.7. The Kier molecular flexibility index (Phi) is 5.05. The first-order valence-electron chi connectivity index (χ1n) is 9.66. The van der Waals surface area contributed by atoms with Crippen LogP contribution in [-0.2, 0) is 19.3 Å². The molecule has 4 rings (SSSR count). The number of methoxy groups -OCH3 is 2. The minimum absolute atomic E-state index is 0.0152. The maximum atomic E-state index is 12.8. The molecular formula is C21H26N2O4. The molecule has 2 aromatic rings. The molecule has 6 heteroatoms. The van der Waals surface area contributed by atoms with E-state index in [4.69, 9.17) is 14.0 Å². The second-order valence-electron chi connectivity index (χ2n) is 7.49. The number of carbonyl (C=O) groups excluding carboxylic acids is 1. The van der Waals surface area contributed by atoms with Gasteiger partial charge in [0, 0.05) is 31.1 Å². The smallest absolute Gasteiger partial charge is 0.276 e. The molecule has 0 radical (unpaired) electrons. The monoisotopic (exact) mass is 370 g/mol. The number of hydrogen-bond donors (Lipinski definition) is 0. The summed E-state index contributed by atoms with van der Waals surface area (Å²) in [6.07, 6.45) is 6.11. The van der Waals surface area contributed by atoms with Crippen molar-refractivity contribution in [2.75, 3.05) is 27.3 Å². The van der Waals surface area contributed by atoms with E-state index in [9.17, 15) is 4.79 Å². The van der Waals surface area contributed by atoms with E-state index in [0.717, 1.165) is 68.0 Å². The summed E-state index contributed by atoms with van der Waals surface area (Å²) >= 11 is 0. The van der Waals surface area contributed by atoms with Gasteiger partial charge in [0.25, 0.3) is 5.91 Å². The number of aryl methyl sites for hydroxylation is 1. The van der Waals surface area contributed by atoms with E-state index in [0.29, 0.717) is 11.6 Å². The van der Waals surface area contributed by atoms with Gasteiger partial charge in [-0.25, -0.2) is 0 Å². The van der Waals surface area contributed by atoms with Crippen LogP contribution in [-0.4, -0.2) is 43.3 Å². The van der Waals surface area contributed by atoms with Gasteiger partial charge < -0.3 is 18.9 Å². The highest BCUT2D eigenvalue weighted by molar-refractivity contribution is 5.94. The third-order valence-corrected chi connectivity index (χ3v) is 5.58. The molecule has 1 saturated heterocycles. The largest absolute Gasteiger partial charge is 0.497 e. The number of aromatic nitrogens is 1. The zero-order valence-electron chi connectivity index (χ0n) is 16.0. The van der Waals surface area contributed by atoms with Crippen LogP contribution < -0.4 is 9.47 Å². The van der Waals surface area contributed by atoms with Crippen molar-refractivity contribution in [1.82, 2.24) is 10.1 Å². The van der Waals surface area contributed by atoms with Crippen LogP contribution in [0.15, 0.2) is 22.7 Å². The van der Waals surface area contributed by atoms with E-state index in [2.05, 4.69) is 5.16 Å². The van der Waals surface area contributed by atoms with Gasteiger partial charge in [0.05, 0.1) is 14.2 Å². The van der Waals surface area contributed by atoms with Crippen LogP contribution >= 0.6 is 0 Å². The maximum absolute atomic E-state index is 12.8. The Hall–Kier alpha value is -2.50. The second-order valence-corrected chi connectivity index (χ2v) is 7.49. The summed E-state index contributed by atoms with van der Waals surface area (Å²) in [7, 11) is 3.31. The molecule has 6 nitrogen and oxygen atoms in total. The summed E-state index contributed by atoms with van der Waals surface area (Å²) < 4.78 is 16.1. The molecule has 0 saturated carbocycles. The third kappa shape index (κ3) is 3.66. The Balaban J connectivity index is 1.39. The molecule has 2 aliphatic rings. The van der Waals surface area contributed by atoms with E-state index in [1.165, 1.54) is 12.0 Å². The zero-order chi connectivity index (χ0) is 18.8. The van der Waals surface area contributed by atoms with Gasteiger partial charge in [-0.1, -0.05) is 11.6 Å². The molecule has 1 aromatic carbocycles. The molecule has 1 aliphatic carbocycles. The molecule has 0 atom stereocenters. The summed E-state index contributed by atoms with van der Waals surface area (Å²) in [5, 5.41) is 4.10. The molecule has 27 heavy (non-hydrogen) atoms. The van der Waals surface area contributed by atoms with Crippen molar-refractivity contribution in [2.24, 2.45) is 5.92 Å². The highest BCUT2D eigenvalue weighted by Crippen LogP contribution is 2.29. The lowest BCUT2D eigenvalue weighted by Gasteiger charge is -2.39. The van der Waals surface area contributed by atoms with Crippen molar-refractivity contribution >= 4 is 5.91 Å². The average molecular weight is 370 g/mol. The van der Waals surface area contributed by atoms with E-state index in [1.807, 2.05) is 23.1 Å². The Morgan fingerprint density at radius 2 is 1.81 bits per heavy atom. The molecule has 0 N–H and O–H groups in total. The molecular weight excluding hydrogens is 344 g/mol. The van der Waals surface area contributed by atoms with Crippen LogP contribution in [0.3, 0.4) is 0 Å². The summed E-state index contributed by atoms with van der Waals surface area (Å²) in [6, 6.07) is 5.94. The molecule has 0 spiro atoms. The first kappa shape index (κ1) is 17.9. The Morgan fingerprint density at radius 3 is 2.52 bits per heavy atom. The Labute approximate surface area is 159 Å². The summed E-state index contributed by atoms with van der Waals surface area (Å²) in [5.41, 5.74) is 2.74. The van der Waals surface area contributed by atoms with Crippen LogP contribution in [0.25, 0.3) is 0 Å². The summed E-state index contributed by atoms with van der Waals surface area (Å²) in [6.45, 7) is 1.50. The molecule has 1 amide bonds. The van der Waals surface area contributed by atoms with Crippen LogP contribution in [0.1, 0.15) is 46.6 Å². The standard InChI is InChI=1S/C21H26N2O4/c1-25-16-9-14(10-17(11-16)26-2)8-15-12-23(13-15)21(24)20-18-6-4-3-5-7-19(18)27-22-20/h9-11,15H,3-8,12-13H2,1-2H3. The minimum Gasteiger partial charge on any atom is -0.497 e. The van der Waals surface area contributed by atoms with E-state index >= 15 is 0 Å². The quantitative estimate of drug-likeness (QED) is 0.756. The fraction of sp³-hybridized carbons (Fsp3) is 0.524. The van der Waals surface area contributed by atoms with Gasteiger partial charge in [0.2, 0.25) is 0 Å². The first-order valence-corrected chi connectivity index (χ1v) is 9.66. The van der Waals surface area contributed by atoms with Crippen molar-refractivity contribution in [3.05, 3.63) is 40.8 Å². The molecule has 1 aliphatic heterocycles. The van der Waals surface area contributed by atoms with Crippen molar-refractivity contribution in [3.63, 3.8) is 0 Å². The highest BCUT2D eigenvalue weighted by Gasteiger charge is 2.35. The van der Waals surface area contributed by atoms with Crippen molar-refractivity contribution in [1.29, 1.82) is 0 Å². The molecule has 0 bridgehead atoms. The van der Waals surface area contributed by atoms with Gasteiger partial charge in [-0.15, -0.1) is 0 Å². The van der Waals surface area contributed by atoms with Gasteiger partial charge >= 0.3 is 0 Å². The predicted molar refractivity (Wildman–Crippen MR) is 100 cm³/mol. The van der Waals surface area contributed by atoms with Crippen molar-refractivity contribution in [3.8, 4) is 11.5 Å². The number of rotatable bonds is 5. The fourth-order valence-electron chi connectivity index (χ4n) is 4.06. The van der Waals surface area contributed by atoms with Crippen LogP contribution in [0, 0.1) is 5.92 Å². The molecule has 0 unspecified atom stereocenters. The number of carbonyl (C=O) groups is 1. The van der Waals surface area contributed by atoms with Gasteiger partial charge in [-0.2, -0.15) is 0 Å². The van der Waals surface area contributed by atoms with Gasteiger partial charge in [-0.05, 0) is 49.3 Å². The van der Waals surface area contributed by atoms with Crippen LogP contribution in [0.2, 0.25) is 0 Å². The molecule has 144 valence electrons. The maximum Gasteiger partial charge on any atom is 0.276 e. The number of benzene rings is 1. The van der Waals surface area contributed by atoms with E-state index in [1.54, 1.807) is 14.2 Å². The average Bonchev–Trinajstić information content (AvgIpc) is 2.91. The predicted octanol–water partition coefficient (Wildman–Crippen LogP) is 3.28. The molecule has 2 heterocycles. The number of ether oxygens (including phenoxy) is 2. The zero-order valence-corrected chi connectivity index (χ0v) is 16.0. The van der Waals surface area contributed by atoms with E-state index in [-0.39, 0.29) is 5.91 Å². The Bertz CT molecular complexity index is 801. The van der Waals surface area contributed by atoms with Gasteiger partial charge in [0.1, 0.15) is 17.3 Å². The van der Waals surface area contributed by atoms with Crippen molar-refractivity contribution < 1.29 is 18.8 Å². The number of hydrogen-bond acceptors (Lipinski definition) is 5. The van der Waals surface area contributed by atoms with E-state index < -0.39 is 0 Å². The summed E-state index contributed by atoms with van der Waals surface area (Å²) in [5.74, 6) is 2.96. The lowest BCUT2D eigenvalue weighted by Crippen LogP contribution is -2.51.